The summed E-state index contributed by atoms with van der Waals surface area (Å²) in [5.41, 5.74) is 1.78. The van der Waals surface area contributed by atoms with Crippen LogP contribution in [0.5, 0.6) is 11.6 Å². The van der Waals surface area contributed by atoms with Crippen LogP contribution in [0.2, 0.25) is 0 Å². The van der Waals surface area contributed by atoms with Crippen LogP contribution in [0.3, 0.4) is 0 Å². The Balaban J connectivity index is 1.66. The molecule has 1 atom stereocenters. The van der Waals surface area contributed by atoms with E-state index in [2.05, 4.69) is 19.6 Å². The van der Waals surface area contributed by atoms with E-state index >= 15 is 0 Å². The number of hydrogen-bond donors (Lipinski definition) is 1. The Morgan fingerprint density at radius 3 is 2.51 bits per heavy atom. The monoisotopic (exact) mass is 554 g/mol. The average Bonchev–Trinajstić information content (AvgIpc) is 3.65. The summed E-state index contributed by atoms with van der Waals surface area (Å²) in [5.74, 6) is -0.477. The van der Waals surface area contributed by atoms with Crippen molar-refractivity contribution in [3.63, 3.8) is 0 Å². The van der Waals surface area contributed by atoms with Crippen LogP contribution < -0.4 is 10.1 Å². The van der Waals surface area contributed by atoms with Gasteiger partial charge in [-0.05, 0) is 94.8 Å². The van der Waals surface area contributed by atoms with Crippen molar-refractivity contribution >= 4 is 27.4 Å². The number of aryl methyl sites for hydroxylation is 1. The van der Waals surface area contributed by atoms with Gasteiger partial charge < -0.3 is 14.8 Å². The van der Waals surface area contributed by atoms with Gasteiger partial charge >= 0.3 is 6.09 Å². The number of hydrogen-bond acceptors (Lipinski definition) is 7. The maximum atomic E-state index is 13.6. The van der Waals surface area contributed by atoms with E-state index in [0.29, 0.717) is 17.3 Å². The third kappa shape index (κ3) is 6.97. The zero-order valence-corrected chi connectivity index (χ0v) is 23.5. The van der Waals surface area contributed by atoms with Crippen molar-refractivity contribution < 1.29 is 27.7 Å². The fourth-order valence-corrected chi connectivity index (χ4v) is 5.06. The minimum absolute atomic E-state index is 0.0567. The van der Waals surface area contributed by atoms with Gasteiger partial charge in [-0.15, -0.1) is 4.36 Å². The summed E-state index contributed by atoms with van der Waals surface area (Å²) in [4.78, 5) is 34.2. The summed E-state index contributed by atoms with van der Waals surface area (Å²) >= 11 is 0. The van der Waals surface area contributed by atoms with Gasteiger partial charge in [0.2, 0.25) is 11.8 Å². The number of amides is 2. The van der Waals surface area contributed by atoms with Gasteiger partial charge in [0.05, 0.1) is 15.4 Å². The third-order valence-corrected chi connectivity index (χ3v) is 7.59. The molecule has 206 valence electrons. The molecule has 1 fully saturated rings. The van der Waals surface area contributed by atoms with Crippen LogP contribution in [0.25, 0.3) is 0 Å². The largest absolute Gasteiger partial charge is 0.442 e. The minimum atomic E-state index is -3.16. The van der Waals surface area contributed by atoms with E-state index in [1.165, 1.54) is 24.5 Å². The van der Waals surface area contributed by atoms with E-state index in [1.54, 1.807) is 52.1 Å². The average molecular weight is 555 g/mol. The van der Waals surface area contributed by atoms with Crippen molar-refractivity contribution in [2.24, 2.45) is 4.36 Å². The maximum absolute atomic E-state index is 13.6. The molecular weight excluding hydrogens is 523 g/mol. The second-order valence-electron chi connectivity index (χ2n) is 10.5. The lowest BCUT2D eigenvalue weighted by Crippen LogP contribution is -2.22. The van der Waals surface area contributed by atoms with Gasteiger partial charge in [-0.1, -0.05) is 6.07 Å². The number of carbonyl (C=O) groups is 2. The Morgan fingerprint density at radius 2 is 1.87 bits per heavy atom. The highest BCUT2D eigenvalue weighted by Gasteiger charge is 2.30. The molecule has 0 bridgehead atoms. The Kier molecular flexibility index (Phi) is 7.74. The highest BCUT2D eigenvalue weighted by atomic mass is 32.2. The second kappa shape index (κ2) is 10.7. The van der Waals surface area contributed by atoms with Crippen LogP contribution in [0.1, 0.15) is 66.7 Å². The Labute approximate surface area is 227 Å². The lowest BCUT2D eigenvalue weighted by molar-refractivity contribution is 0.0607. The molecule has 0 aliphatic heterocycles. The molecule has 1 saturated carbocycles. The van der Waals surface area contributed by atoms with E-state index in [1.807, 2.05) is 6.92 Å². The van der Waals surface area contributed by atoms with Crippen LogP contribution in [0.4, 0.5) is 14.9 Å². The van der Waals surface area contributed by atoms with Crippen molar-refractivity contribution in [1.82, 2.24) is 9.97 Å². The molecule has 4 rings (SSSR count). The quantitative estimate of drug-likeness (QED) is 0.343. The van der Waals surface area contributed by atoms with Crippen LogP contribution in [-0.4, -0.2) is 38.0 Å². The lowest BCUT2D eigenvalue weighted by Gasteiger charge is -2.18. The Hall–Kier alpha value is -3.86. The molecule has 1 aromatic carbocycles. The van der Waals surface area contributed by atoms with E-state index in [-0.39, 0.29) is 22.1 Å². The van der Waals surface area contributed by atoms with Crippen LogP contribution in [-0.2, 0) is 14.5 Å². The molecule has 0 saturated heterocycles. The van der Waals surface area contributed by atoms with Gasteiger partial charge in [-0.3, -0.25) is 4.79 Å². The topological polar surface area (TPSA) is 120 Å². The number of rotatable bonds is 6. The van der Waals surface area contributed by atoms with Crippen molar-refractivity contribution in [1.29, 1.82) is 0 Å². The molecule has 2 heterocycles. The van der Waals surface area contributed by atoms with Crippen LogP contribution in [0, 0.1) is 19.8 Å². The fourth-order valence-electron chi connectivity index (χ4n) is 3.95. The van der Waals surface area contributed by atoms with Gasteiger partial charge in [0.25, 0.3) is 5.91 Å². The molecule has 2 amide bonds. The van der Waals surface area contributed by atoms with Crippen molar-refractivity contribution in [3.8, 4) is 11.6 Å². The first-order valence-electron chi connectivity index (χ1n) is 12.4. The third-order valence-electron chi connectivity index (χ3n) is 5.97. The van der Waals surface area contributed by atoms with E-state index in [9.17, 15) is 18.2 Å². The maximum Gasteiger partial charge on any atom is 0.442 e. The smallest absolute Gasteiger partial charge is 0.442 e. The molecule has 11 heteroatoms. The lowest BCUT2D eigenvalue weighted by atomic mass is 10.0. The first-order valence-corrected chi connectivity index (χ1v) is 14.3. The number of aromatic nitrogens is 2. The van der Waals surface area contributed by atoms with E-state index in [4.69, 9.17) is 9.47 Å². The van der Waals surface area contributed by atoms with Crippen LogP contribution in [0.15, 0.2) is 51.9 Å². The number of pyridine rings is 2. The predicted octanol–water partition coefficient (Wildman–Crippen LogP) is 6.55. The van der Waals surface area contributed by atoms with Crippen molar-refractivity contribution in [2.75, 3.05) is 11.6 Å². The van der Waals surface area contributed by atoms with Gasteiger partial charge in [0.1, 0.15) is 11.2 Å². The Bertz CT molecular complexity index is 1570. The standard InChI is InChI=1S/C28H31FN4O5S/c1-16-21(18-10-11-18)15-30-26(37-22-12-13-23(29)31-17(22)2)24(16)25(34)32-19-8-7-9-20(14-19)39(6,36)33-27(35)38-28(3,4)5/h7-9,12-15,18H,10-11H2,1-6H3,(H,32,34)/t39-/m1/s1. The SMILES string of the molecule is Cc1nc(F)ccc1Oc1ncc(C2CC2)c(C)c1C(=O)Nc1cccc([S@@](C)(=O)=NC(=O)OC(C)(C)C)c1. The molecule has 2 aromatic heterocycles. The molecule has 0 unspecified atom stereocenters. The second-order valence-corrected chi connectivity index (χ2v) is 12.7. The normalized spacial score (nSPS) is 14.7. The van der Waals surface area contributed by atoms with Crippen LogP contribution >= 0.6 is 0 Å². The number of anilines is 1. The number of nitrogens with zero attached hydrogens (tertiary/aromatic N) is 3. The first kappa shape index (κ1) is 28.2. The number of nitrogens with one attached hydrogen (secondary N) is 1. The fraction of sp³-hybridized carbons (Fsp3) is 0.357. The molecule has 3 aromatic rings. The van der Waals surface area contributed by atoms with Crippen molar-refractivity contribution in [2.45, 2.75) is 63.9 Å². The zero-order valence-electron chi connectivity index (χ0n) is 22.7. The molecular formula is C28H31FN4O5S. The minimum Gasteiger partial charge on any atom is -0.442 e. The van der Waals surface area contributed by atoms with E-state index in [0.717, 1.165) is 24.0 Å². The van der Waals surface area contributed by atoms with Gasteiger partial charge in [0.15, 0.2) is 5.75 Å². The Morgan fingerprint density at radius 1 is 1.15 bits per heavy atom. The number of benzene rings is 1. The molecule has 39 heavy (non-hydrogen) atoms. The zero-order chi connectivity index (χ0) is 28.5. The molecule has 1 N–H and O–H groups in total. The molecule has 0 radical (unpaired) electrons. The summed E-state index contributed by atoms with van der Waals surface area (Å²) in [5, 5.41) is 2.82. The predicted molar refractivity (Wildman–Crippen MR) is 145 cm³/mol. The summed E-state index contributed by atoms with van der Waals surface area (Å²) < 4.78 is 41.6. The van der Waals surface area contributed by atoms with Gasteiger partial charge in [-0.2, -0.15) is 4.39 Å². The highest BCUT2D eigenvalue weighted by molar-refractivity contribution is 7.93. The molecule has 1 aliphatic rings. The molecule has 9 nitrogen and oxygen atoms in total. The van der Waals surface area contributed by atoms with Gasteiger partial charge in [0, 0.05) is 23.0 Å². The van der Waals surface area contributed by atoms with E-state index < -0.39 is 33.3 Å². The number of halogens is 1. The number of carbonyl (C=O) groups excluding carboxylic acids is 2. The number of ether oxygens (including phenoxy) is 2. The summed E-state index contributed by atoms with van der Waals surface area (Å²) in [7, 11) is -3.16. The summed E-state index contributed by atoms with van der Waals surface area (Å²) in [6.45, 7) is 8.50. The first-order chi connectivity index (χ1) is 18.2. The van der Waals surface area contributed by atoms with Gasteiger partial charge in [-0.25, -0.2) is 19.0 Å². The highest BCUT2D eigenvalue weighted by Crippen LogP contribution is 2.43. The van der Waals surface area contributed by atoms with Crippen molar-refractivity contribution in [3.05, 3.63) is 70.9 Å². The summed E-state index contributed by atoms with van der Waals surface area (Å²) in [6, 6.07) is 8.90. The summed E-state index contributed by atoms with van der Waals surface area (Å²) in [6.07, 6.45) is 4.12. The molecule has 1 aliphatic carbocycles. The molecule has 0 spiro atoms.